The van der Waals surface area contributed by atoms with Crippen LogP contribution >= 0.6 is 11.8 Å². The van der Waals surface area contributed by atoms with Gasteiger partial charge >= 0.3 is 0 Å². The Hall–Kier alpha value is -3.29. The number of hydroxylamine groups is 1. The molecule has 0 saturated carbocycles. The molecule has 11 nitrogen and oxygen atoms in total. The third-order valence-electron chi connectivity index (χ3n) is 6.34. The van der Waals surface area contributed by atoms with Crippen LogP contribution in [0.4, 0.5) is 0 Å². The van der Waals surface area contributed by atoms with Gasteiger partial charge in [-0.25, -0.2) is 10.5 Å². The molecule has 12 heteroatoms. The second-order valence-corrected chi connectivity index (χ2v) is 10.2. The van der Waals surface area contributed by atoms with Gasteiger partial charge in [-0.15, -0.1) is 0 Å². The smallest absolute Gasteiger partial charge is 0.243 e. The lowest BCUT2D eigenvalue weighted by molar-refractivity contribution is -0.245. The number of hydrogen-bond acceptors (Lipinski definition) is 9. The quantitative estimate of drug-likeness (QED) is 0.0923. The first kappa shape index (κ1) is 28.7. The second-order valence-electron chi connectivity index (χ2n) is 9.21. The Bertz CT molecular complexity index is 1180. The molecular weight excluding hydrogens is 522 g/mol. The van der Waals surface area contributed by atoms with Crippen molar-refractivity contribution in [3.63, 3.8) is 0 Å². The Morgan fingerprint density at radius 1 is 0.974 bits per heavy atom. The number of carbonyl (C=O) groups excluding carboxylic acids is 2. The molecule has 2 amide bonds. The molecule has 1 aliphatic rings. The number of nitrogens with zero attached hydrogens (tertiary/aromatic N) is 2. The number of hydrogen-bond donors (Lipinski definition) is 5. The Morgan fingerprint density at radius 3 is 2.33 bits per heavy atom. The van der Waals surface area contributed by atoms with E-state index in [0.29, 0.717) is 38.0 Å². The van der Waals surface area contributed by atoms with Crippen LogP contribution in [0.15, 0.2) is 60.0 Å². The Kier molecular flexibility index (Phi) is 10.9. The summed E-state index contributed by atoms with van der Waals surface area (Å²) in [6.45, 7) is 0.378. The van der Waals surface area contributed by atoms with Crippen molar-refractivity contribution in [2.75, 3.05) is 5.75 Å². The fraction of sp³-hybridized carbons (Fsp3) is 0.407. The lowest BCUT2D eigenvalue weighted by atomic mass is 10.0. The van der Waals surface area contributed by atoms with E-state index in [1.54, 1.807) is 17.2 Å². The lowest BCUT2D eigenvalue weighted by Gasteiger charge is -2.36. The first-order valence-electron chi connectivity index (χ1n) is 12.8. The molecule has 1 aliphatic heterocycles. The van der Waals surface area contributed by atoms with Crippen LogP contribution in [-0.4, -0.2) is 49.2 Å². The van der Waals surface area contributed by atoms with E-state index in [1.165, 1.54) is 6.33 Å². The topological polar surface area (TPSA) is 159 Å². The number of carbonyl (C=O) groups is 2. The predicted octanol–water partition coefficient (Wildman–Crippen LogP) is 3.32. The molecule has 1 fully saturated rings. The summed E-state index contributed by atoms with van der Waals surface area (Å²) in [5.41, 5.74) is 5.26. The van der Waals surface area contributed by atoms with E-state index < -0.39 is 12.2 Å². The number of rotatable bonds is 13. The van der Waals surface area contributed by atoms with Gasteiger partial charge in [-0.1, -0.05) is 60.3 Å². The molecule has 2 heterocycles. The molecule has 1 saturated heterocycles. The van der Waals surface area contributed by atoms with Gasteiger partial charge in [-0.05, 0) is 29.5 Å². The summed E-state index contributed by atoms with van der Waals surface area (Å²) in [5, 5.41) is 28.3. The maximum atomic E-state index is 12.1. The van der Waals surface area contributed by atoms with E-state index in [9.17, 15) is 14.7 Å². The molecule has 0 spiro atoms. The number of thioether (sulfide) groups is 1. The summed E-state index contributed by atoms with van der Waals surface area (Å²) in [5.74, 6) is 0.131. The molecule has 5 N–H and O–H groups in total. The van der Waals surface area contributed by atoms with Gasteiger partial charge in [0.25, 0.3) is 0 Å². The fourth-order valence-corrected chi connectivity index (χ4v) is 4.96. The lowest BCUT2D eigenvalue weighted by Crippen LogP contribution is -2.31. The minimum atomic E-state index is -0.568. The summed E-state index contributed by atoms with van der Waals surface area (Å²) in [6, 6.07) is 15.5. The third-order valence-corrected chi connectivity index (χ3v) is 7.35. The fourth-order valence-electron chi connectivity index (χ4n) is 4.17. The van der Waals surface area contributed by atoms with Crippen LogP contribution in [0.5, 0.6) is 0 Å². The highest BCUT2D eigenvalue weighted by Gasteiger charge is 2.32. The normalized spacial score (nSPS) is 19.0. The van der Waals surface area contributed by atoms with Gasteiger partial charge in [0.1, 0.15) is 6.33 Å². The van der Waals surface area contributed by atoms with E-state index in [2.05, 4.69) is 20.5 Å². The standard InChI is InChI=1S/C27H33N5O6S/c33-15-19-7-9-20(10-8-19)23-13-22(16-39-27-29-17-30-31-27)37-26(38-23)21-11-5-18(6-12-21)14-28-24(34)3-1-2-4-25(35)32-36/h5-12,17,22-23,26,33,36H,1-4,13-16H2,(H,28,34)(H,32,35)(H,29,30,31)/t22-,23+,26+/m0/s1. The highest BCUT2D eigenvalue weighted by Crippen LogP contribution is 2.39. The molecule has 1 aromatic heterocycles. The maximum absolute atomic E-state index is 12.1. The average molecular weight is 556 g/mol. The molecule has 0 aliphatic carbocycles. The van der Waals surface area contributed by atoms with E-state index >= 15 is 0 Å². The van der Waals surface area contributed by atoms with Gasteiger partial charge in [0.05, 0.1) is 18.8 Å². The molecule has 0 radical (unpaired) electrons. The van der Waals surface area contributed by atoms with Crippen LogP contribution < -0.4 is 10.8 Å². The number of ether oxygens (including phenoxy) is 2. The van der Waals surface area contributed by atoms with Crippen molar-refractivity contribution in [2.24, 2.45) is 0 Å². The van der Waals surface area contributed by atoms with Gasteiger partial charge in [0, 0.05) is 37.1 Å². The molecule has 3 atom stereocenters. The van der Waals surface area contributed by atoms with Crippen molar-refractivity contribution in [3.8, 4) is 0 Å². The van der Waals surface area contributed by atoms with E-state index in [-0.39, 0.29) is 31.1 Å². The second kappa shape index (κ2) is 14.8. The number of aliphatic hydroxyl groups excluding tert-OH is 1. The molecule has 3 aromatic rings. The Balaban J connectivity index is 1.34. The highest BCUT2D eigenvalue weighted by atomic mass is 32.2. The average Bonchev–Trinajstić information content (AvgIpc) is 3.51. The van der Waals surface area contributed by atoms with E-state index in [4.69, 9.17) is 14.7 Å². The number of aromatic nitrogens is 3. The van der Waals surface area contributed by atoms with Gasteiger partial charge in [0.2, 0.25) is 11.8 Å². The number of aromatic amines is 1. The summed E-state index contributed by atoms with van der Waals surface area (Å²) >= 11 is 1.54. The largest absolute Gasteiger partial charge is 0.392 e. The van der Waals surface area contributed by atoms with Crippen molar-refractivity contribution in [1.82, 2.24) is 26.0 Å². The van der Waals surface area contributed by atoms with Crippen molar-refractivity contribution in [1.29, 1.82) is 0 Å². The summed E-state index contributed by atoms with van der Waals surface area (Å²) in [4.78, 5) is 27.3. The summed E-state index contributed by atoms with van der Waals surface area (Å²) in [6.07, 6.45) is 2.90. The molecule has 4 rings (SSSR count). The van der Waals surface area contributed by atoms with Crippen LogP contribution in [0.3, 0.4) is 0 Å². The van der Waals surface area contributed by atoms with Crippen LogP contribution in [0.2, 0.25) is 0 Å². The minimum absolute atomic E-state index is 0.00978. The van der Waals surface area contributed by atoms with Crippen molar-refractivity contribution < 1.29 is 29.4 Å². The first-order chi connectivity index (χ1) is 19.0. The third kappa shape index (κ3) is 8.87. The number of benzene rings is 2. The van der Waals surface area contributed by atoms with Gasteiger partial charge in [0.15, 0.2) is 11.4 Å². The summed E-state index contributed by atoms with van der Waals surface area (Å²) < 4.78 is 12.7. The zero-order valence-electron chi connectivity index (χ0n) is 21.4. The molecule has 208 valence electrons. The number of H-pyrrole nitrogens is 1. The van der Waals surface area contributed by atoms with Crippen molar-refractivity contribution in [2.45, 2.75) is 68.9 Å². The number of nitrogens with one attached hydrogen (secondary N) is 3. The van der Waals surface area contributed by atoms with Gasteiger partial charge < -0.3 is 19.9 Å². The zero-order valence-corrected chi connectivity index (χ0v) is 22.2. The highest BCUT2D eigenvalue weighted by molar-refractivity contribution is 7.99. The van der Waals surface area contributed by atoms with Crippen molar-refractivity contribution >= 4 is 23.6 Å². The van der Waals surface area contributed by atoms with E-state index in [0.717, 1.165) is 27.4 Å². The van der Waals surface area contributed by atoms with E-state index in [1.807, 2.05) is 48.5 Å². The Labute approximate surface area is 230 Å². The first-order valence-corrected chi connectivity index (χ1v) is 13.8. The van der Waals surface area contributed by atoms with Crippen molar-refractivity contribution in [3.05, 3.63) is 77.1 Å². The monoisotopic (exact) mass is 555 g/mol. The van der Waals surface area contributed by atoms with Gasteiger partial charge in [-0.2, -0.15) is 5.10 Å². The molecular formula is C27H33N5O6S. The van der Waals surface area contributed by atoms with Crippen LogP contribution in [0.25, 0.3) is 0 Å². The number of amides is 2. The maximum Gasteiger partial charge on any atom is 0.243 e. The predicted molar refractivity (Wildman–Crippen MR) is 142 cm³/mol. The number of aliphatic hydroxyl groups is 1. The molecule has 39 heavy (non-hydrogen) atoms. The zero-order chi connectivity index (χ0) is 27.5. The molecule has 0 bridgehead atoms. The number of unbranched alkanes of at least 4 members (excludes halogenated alkanes) is 1. The Morgan fingerprint density at radius 2 is 1.67 bits per heavy atom. The molecule has 0 unspecified atom stereocenters. The minimum Gasteiger partial charge on any atom is -0.392 e. The van der Waals surface area contributed by atoms with Crippen LogP contribution in [-0.2, 0) is 32.2 Å². The summed E-state index contributed by atoms with van der Waals surface area (Å²) in [7, 11) is 0. The van der Waals surface area contributed by atoms with Gasteiger partial charge in [-0.3, -0.25) is 19.9 Å². The molecule has 2 aromatic carbocycles. The van der Waals surface area contributed by atoms with Crippen LogP contribution in [0, 0.1) is 0 Å². The SMILES string of the molecule is O=C(CCCCC(=O)NCc1ccc([C@@H]2O[C@H](CSc3ncn[nH]3)C[C@H](c3ccc(CO)cc3)O2)cc1)NO. The van der Waals surface area contributed by atoms with Crippen LogP contribution in [0.1, 0.15) is 66.8 Å².